The lowest BCUT2D eigenvalue weighted by atomic mass is 10.1. The maximum Gasteiger partial charge on any atom is 0.323 e. The van der Waals surface area contributed by atoms with E-state index in [1.165, 1.54) is 11.1 Å². The summed E-state index contributed by atoms with van der Waals surface area (Å²) in [5.41, 5.74) is 2.64. The average Bonchev–Trinajstić information content (AvgIpc) is 2.71. The first-order valence-corrected chi connectivity index (χ1v) is 5.70. The summed E-state index contributed by atoms with van der Waals surface area (Å²) < 4.78 is 5.03. The monoisotopic (exact) mass is 219 g/mol. The highest BCUT2D eigenvalue weighted by atomic mass is 16.5. The van der Waals surface area contributed by atoms with E-state index in [0.717, 1.165) is 13.1 Å². The van der Waals surface area contributed by atoms with Crippen molar-refractivity contribution >= 4 is 5.97 Å². The molecule has 0 fully saturated rings. The molecule has 0 aliphatic carbocycles. The van der Waals surface area contributed by atoms with Crippen LogP contribution in [0.1, 0.15) is 25.0 Å². The number of carbonyl (C=O) groups excluding carboxylic acids is 1. The standard InChI is InChI=1S/C13H17NO2/c1-3-16-13(15)10(2)14-8-11-6-4-5-7-12(11)9-14/h4-7,10H,3,8-9H2,1-2H3. The molecule has 86 valence electrons. The first-order chi connectivity index (χ1) is 7.72. The highest BCUT2D eigenvalue weighted by Gasteiger charge is 2.27. The summed E-state index contributed by atoms with van der Waals surface area (Å²) in [6.45, 7) is 5.88. The van der Waals surface area contributed by atoms with Crippen LogP contribution in [0, 0.1) is 0 Å². The molecular formula is C13H17NO2. The molecular weight excluding hydrogens is 202 g/mol. The fourth-order valence-electron chi connectivity index (χ4n) is 2.05. The van der Waals surface area contributed by atoms with Gasteiger partial charge in [0.25, 0.3) is 0 Å². The van der Waals surface area contributed by atoms with Gasteiger partial charge in [-0.1, -0.05) is 24.3 Å². The van der Waals surface area contributed by atoms with Gasteiger partial charge < -0.3 is 4.74 Å². The fraction of sp³-hybridized carbons (Fsp3) is 0.462. The minimum atomic E-state index is -0.160. The SMILES string of the molecule is CCOC(=O)C(C)N1Cc2ccccc2C1. The molecule has 0 saturated carbocycles. The number of hydrogen-bond donors (Lipinski definition) is 0. The number of ether oxygens (including phenoxy) is 1. The van der Waals surface area contributed by atoms with E-state index in [1.807, 2.05) is 26.0 Å². The number of benzene rings is 1. The van der Waals surface area contributed by atoms with Crippen LogP contribution in [0.4, 0.5) is 0 Å². The second-order valence-corrected chi connectivity index (χ2v) is 4.10. The van der Waals surface area contributed by atoms with Gasteiger partial charge in [0.1, 0.15) is 6.04 Å². The second kappa shape index (κ2) is 4.66. The summed E-state index contributed by atoms with van der Waals surface area (Å²) in [6.07, 6.45) is 0. The Hall–Kier alpha value is -1.35. The first kappa shape index (κ1) is 11.1. The van der Waals surface area contributed by atoms with Gasteiger partial charge in [-0.3, -0.25) is 9.69 Å². The Labute approximate surface area is 96.0 Å². The number of esters is 1. The zero-order valence-electron chi connectivity index (χ0n) is 9.77. The molecule has 0 N–H and O–H groups in total. The van der Waals surface area contributed by atoms with Gasteiger partial charge in [-0.15, -0.1) is 0 Å². The van der Waals surface area contributed by atoms with Crippen LogP contribution in [-0.4, -0.2) is 23.5 Å². The van der Waals surface area contributed by atoms with Crippen LogP contribution in [0.25, 0.3) is 0 Å². The maximum absolute atomic E-state index is 11.6. The molecule has 1 unspecified atom stereocenters. The smallest absolute Gasteiger partial charge is 0.323 e. The van der Waals surface area contributed by atoms with Gasteiger partial charge in [0.05, 0.1) is 6.61 Å². The van der Waals surface area contributed by atoms with Gasteiger partial charge in [0.15, 0.2) is 0 Å². The number of rotatable bonds is 3. The van der Waals surface area contributed by atoms with Crippen molar-refractivity contribution in [2.45, 2.75) is 33.0 Å². The van der Waals surface area contributed by atoms with Crippen LogP contribution in [0.5, 0.6) is 0 Å². The molecule has 0 radical (unpaired) electrons. The number of hydrogen-bond acceptors (Lipinski definition) is 3. The third kappa shape index (κ3) is 2.09. The summed E-state index contributed by atoms with van der Waals surface area (Å²) in [5.74, 6) is -0.129. The van der Waals surface area contributed by atoms with Crippen LogP contribution in [0.2, 0.25) is 0 Å². The largest absolute Gasteiger partial charge is 0.465 e. The molecule has 1 aromatic rings. The number of fused-ring (bicyclic) bond motifs is 1. The van der Waals surface area contributed by atoms with E-state index in [0.29, 0.717) is 6.61 Å². The molecule has 1 aliphatic heterocycles. The maximum atomic E-state index is 11.6. The van der Waals surface area contributed by atoms with Crippen molar-refractivity contribution in [3.63, 3.8) is 0 Å². The molecule has 1 aromatic carbocycles. The zero-order valence-corrected chi connectivity index (χ0v) is 9.77. The van der Waals surface area contributed by atoms with Crippen molar-refractivity contribution in [2.24, 2.45) is 0 Å². The highest BCUT2D eigenvalue weighted by Crippen LogP contribution is 2.24. The number of nitrogens with zero attached hydrogens (tertiary/aromatic N) is 1. The van der Waals surface area contributed by atoms with Crippen molar-refractivity contribution in [1.29, 1.82) is 0 Å². The zero-order chi connectivity index (χ0) is 11.5. The normalized spacial score (nSPS) is 16.9. The minimum Gasteiger partial charge on any atom is -0.465 e. The first-order valence-electron chi connectivity index (χ1n) is 5.70. The van der Waals surface area contributed by atoms with E-state index in [-0.39, 0.29) is 12.0 Å². The fourth-order valence-corrected chi connectivity index (χ4v) is 2.05. The van der Waals surface area contributed by atoms with Gasteiger partial charge in [0.2, 0.25) is 0 Å². The predicted octanol–water partition coefficient (Wildman–Crippen LogP) is 1.95. The second-order valence-electron chi connectivity index (χ2n) is 4.10. The van der Waals surface area contributed by atoms with Crippen LogP contribution in [0.15, 0.2) is 24.3 Å². The van der Waals surface area contributed by atoms with Gasteiger partial charge in [-0.05, 0) is 25.0 Å². The number of carbonyl (C=O) groups is 1. The molecule has 0 bridgehead atoms. The van der Waals surface area contributed by atoms with E-state index >= 15 is 0 Å². The molecule has 0 saturated heterocycles. The third-order valence-electron chi connectivity index (χ3n) is 3.04. The molecule has 2 rings (SSSR count). The van der Waals surface area contributed by atoms with Gasteiger partial charge >= 0.3 is 5.97 Å². The topological polar surface area (TPSA) is 29.5 Å². The molecule has 0 spiro atoms. The van der Waals surface area contributed by atoms with E-state index < -0.39 is 0 Å². The third-order valence-corrected chi connectivity index (χ3v) is 3.04. The Kier molecular flexibility index (Phi) is 3.25. The van der Waals surface area contributed by atoms with E-state index in [9.17, 15) is 4.79 Å². The Morgan fingerprint density at radius 2 is 1.94 bits per heavy atom. The van der Waals surface area contributed by atoms with Crippen molar-refractivity contribution in [3.8, 4) is 0 Å². The van der Waals surface area contributed by atoms with Gasteiger partial charge in [0, 0.05) is 13.1 Å². The quantitative estimate of drug-likeness (QED) is 0.728. The average molecular weight is 219 g/mol. The Morgan fingerprint density at radius 1 is 1.38 bits per heavy atom. The van der Waals surface area contributed by atoms with E-state index in [2.05, 4.69) is 17.0 Å². The molecule has 3 nitrogen and oxygen atoms in total. The summed E-state index contributed by atoms with van der Waals surface area (Å²) in [7, 11) is 0. The molecule has 0 amide bonds. The Morgan fingerprint density at radius 3 is 2.44 bits per heavy atom. The molecule has 1 heterocycles. The highest BCUT2D eigenvalue weighted by molar-refractivity contribution is 5.75. The summed E-state index contributed by atoms with van der Waals surface area (Å²) in [6, 6.07) is 8.15. The minimum absolute atomic E-state index is 0.129. The van der Waals surface area contributed by atoms with Crippen molar-refractivity contribution in [2.75, 3.05) is 6.61 Å². The van der Waals surface area contributed by atoms with E-state index in [1.54, 1.807) is 0 Å². The van der Waals surface area contributed by atoms with Crippen LogP contribution < -0.4 is 0 Å². The molecule has 1 aliphatic rings. The lowest BCUT2D eigenvalue weighted by molar-refractivity contribution is -0.149. The molecule has 1 atom stereocenters. The Balaban J connectivity index is 2.03. The molecule has 0 aromatic heterocycles. The van der Waals surface area contributed by atoms with Crippen molar-refractivity contribution < 1.29 is 9.53 Å². The van der Waals surface area contributed by atoms with Crippen molar-refractivity contribution in [3.05, 3.63) is 35.4 Å². The van der Waals surface area contributed by atoms with Crippen LogP contribution in [0.3, 0.4) is 0 Å². The van der Waals surface area contributed by atoms with Gasteiger partial charge in [-0.2, -0.15) is 0 Å². The predicted molar refractivity (Wildman–Crippen MR) is 61.8 cm³/mol. The lowest BCUT2D eigenvalue weighted by Gasteiger charge is -2.21. The van der Waals surface area contributed by atoms with Crippen molar-refractivity contribution in [1.82, 2.24) is 4.90 Å². The van der Waals surface area contributed by atoms with Crippen LogP contribution in [-0.2, 0) is 22.6 Å². The lowest BCUT2D eigenvalue weighted by Crippen LogP contribution is -2.36. The Bertz CT molecular complexity index is 364. The summed E-state index contributed by atoms with van der Waals surface area (Å²) in [5, 5.41) is 0. The van der Waals surface area contributed by atoms with E-state index in [4.69, 9.17) is 4.74 Å². The summed E-state index contributed by atoms with van der Waals surface area (Å²) >= 11 is 0. The van der Waals surface area contributed by atoms with Gasteiger partial charge in [-0.25, -0.2) is 0 Å². The van der Waals surface area contributed by atoms with Crippen LogP contribution >= 0.6 is 0 Å². The molecule has 3 heteroatoms. The summed E-state index contributed by atoms with van der Waals surface area (Å²) in [4.78, 5) is 13.8. The molecule has 16 heavy (non-hydrogen) atoms.